The molecule has 3 aromatic rings. The minimum Gasteiger partial charge on any atom is -0.440 e. The fraction of sp³-hybridized carbons (Fsp3) is 0.286. The molecule has 0 saturated heterocycles. The molecule has 0 aliphatic heterocycles. The molecule has 1 heterocycles. The maximum atomic E-state index is 12.5. The van der Waals surface area contributed by atoms with Gasteiger partial charge in [0.25, 0.3) is 0 Å². The first kappa shape index (κ1) is 18.0. The normalized spacial score (nSPS) is 12.2. The largest absolute Gasteiger partial charge is 0.440 e. The van der Waals surface area contributed by atoms with Gasteiger partial charge in [0.05, 0.1) is 18.0 Å². The molecule has 26 heavy (non-hydrogen) atoms. The Bertz CT molecular complexity index is 992. The average Bonchev–Trinajstić information content (AvgIpc) is 2.61. The third-order valence-electron chi connectivity index (χ3n) is 4.46. The van der Waals surface area contributed by atoms with Crippen molar-refractivity contribution in [2.24, 2.45) is 0 Å². The van der Waals surface area contributed by atoms with Gasteiger partial charge in [-0.15, -0.1) is 0 Å². The number of para-hydroxylation sites is 1. The second-order valence-corrected chi connectivity index (χ2v) is 6.76. The molecule has 2 N–H and O–H groups in total. The molecule has 5 nitrogen and oxygen atoms in total. The van der Waals surface area contributed by atoms with E-state index in [4.69, 9.17) is 4.42 Å². The summed E-state index contributed by atoms with van der Waals surface area (Å²) in [5, 5.41) is 13.6. The number of aliphatic hydroxyl groups is 1. The lowest BCUT2D eigenvalue weighted by atomic mass is 10.0. The zero-order chi connectivity index (χ0) is 18.8. The number of fused-ring (bicyclic) bond motifs is 1. The highest BCUT2D eigenvalue weighted by molar-refractivity contribution is 5.82. The molecule has 0 bridgehead atoms. The van der Waals surface area contributed by atoms with Crippen LogP contribution in [0.15, 0.2) is 51.7 Å². The molecule has 136 valence electrons. The smallest absolute Gasteiger partial charge is 0.199 e. The van der Waals surface area contributed by atoms with Gasteiger partial charge in [0.2, 0.25) is 0 Å². The van der Waals surface area contributed by atoms with Crippen molar-refractivity contribution in [2.45, 2.75) is 26.5 Å². The highest BCUT2D eigenvalue weighted by atomic mass is 16.4. The first-order chi connectivity index (χ1) is 12.4. The van der Waals surface area contributed by atoms with Gasteiger partial charge in [-0.3, -0.25) is 4.79 Å². The highest BCUT2D eigenvalue weighted by Crippen LogP contribution is 2.30. The predicted octanol–water partition coefficient (Wildman–Crippen LogP) is 3.83. The Morgan fingerprint density at radius 2 is 1.92 bits per heavy atom. The number of nitrogens with one attached hydrogen (secondary N) is 1. The lowest BCUT2D eigenvalue weighted by molar-refractivity contribution is 0.282. The molecule has 0 amide bonds. The van der Waals surface area contributed by atoms with Crippen molar-refractivity contribution >= 4 is 22.5 Å². The summed E-state index contributed by atoms with van der Waals surface area (Å²) < 4.78 is 6.04. The molecule has 1 unspecified atom stereocenters. The minimum atomic E-state index is -0.106. The van der Waals surface area contributed by atoms with Gasteiger partial charge in [-0.1, -0.05) is 24.3 Å². The molecule has 0 fully saturated rings. The van der Waals surface area contributed by atoms with Crippen molar-refractivity contribution in [1.82, 2.24) is 0 Å². The van der Waals surface area contributed by atoms with Gasteiger partial charge in [0.1, 0.15) is 5.58 Å². The van der Waals surface area contributed by atoms with Crippen molar-refractivity contribution in [1.29, 1.82) is 0 Å². The van der Waals surface area contributed by atoms with Gasteiger partial charge in [-0.05, 0) is 31.5 Å². The molecule has 0 saturated carbocycles. The van der Waals surface area contributed by atoms with Crippen LogP contribution in [-0.4, -0.2) is 19.2 Å². The van der Waals surface area contributed by atoms with E-state index in [-0.39, 0.29) is 18.1 Å². The van der Waals surface area contributed by atoms with Gasteiger partial charge in [-0.2, -0.15) is 0 Å². The number of aliphatic hydroxyl groups excluding tert-OH is 1. The fourth-order valence-corrected chi connectivity index (χ4v) is 3.07. The molecule has 0 aliphatic rings. The Hall–Kier alpha value is -2.79. The molecule has 0 aliphatic carbocycles. The predicted molar refractivity (Wildman–Crippen MR) is 106 cm³/mol. The maximum absolute atomic E-state index is 12.5. The monoisotopic (exact) mass is 352 g/mol. The Morgan fingerprint density at radius 1 is 1.19 bits per heavy atom. The maximum Gasteiger partial charge on any atom is 0.199 e. The van der Waals surface area contributed by atoms with Gasteiger partial charge < -0.3 is 19.7 Å². The summed E-state index contributed by atoms with van der Waals surface area (Å²) in [6.45, 7) is 3.95. The average molecular weight is 352 g/mol. The number of anilines is 2. The van der Waals surface area contributed by atoms with Crippen molar-refractivity contribution in [3.63, 3.8) is 0 Å². The Morgan fingerprint density at radius 3 is 2.62 bits per heavy atom. The molecule has 5 heteroatoms. The van der Waals surface area contributed by atoms with Crippen LogP contribution in [-0.2, 0) is 6.61 Å². The third kappa shape index (κ3) is 3.44. The van der Waals surface area contributed by atoms with Crippen molar-refractivity contribution in [2.75, 3.05) is 24.3 Å². The minimum absolute atomic E-state index is 0.0374. The topological polar surface area (TPSA) is 65.7 Å². The number of benzene rings is 2. The third-order valence-corrected chi connectivity index (χ3v) is 4.46. The van der Waals surface area contributed by atoms with Gasteiger partial charge >= 0.3 is 0 Å². The van der Waals surface area contributed by atoms with E-state index in [9.17, 15) is 9.90 Å². The quantitative estimate of drug-likeness (QED) is 0.730. The molecular weight excluding hydrogens is 328 g/mol. The zero-order valence-corrected chi connectivity index (χ0v) is 15.5. The number of hydrogen-bond acceptors (Lipinski definition) is 5. The summed E-state index contributed by atoms with van der Waals surface area (Å²) in [6.07, 6.45) is 0. The number of aryl methyl sites for hydroxylation is 1. The first-order valence-corrected chi connectivity index (χ1v) is 8.61. The summed E-state index contributed by atoms with van der Waals surface area (Å²) in [4.78, 5) is 14.3. The van der Waals surface area contributed by atoms with Crippen LogP contribution in [0.25, 0.3) is 11.0 Å². The van der Waals surface area contributed by atoms with E-state index in [2.05, 4.69) is 5.32 Å². The number of rotatable bonds is 5. The van der Waals surface area contributed by atoms with E-state index in [1.54, 1.807) is 4.90 Å². The van der Waals surface area contributed by atoms with Crippen LogP contribution in [0.1, 0.15) is 29.7 Å². The van der Waals surface area contributed by atoms with Crippen LogP contribution < -0.4 is 15.6 Å². The molecule has 2 aromatic carbocycles. The summed E-state index contributed by atoms with van der Waals surface area (Å²) in [7, 11) is 3.69. The second kappa shape index (κ2) is 7.22. The van der Waals surface area contributed by atoms with E-state index < -0.39 is 0 Å². The molecule has 1 aromatic heterocycles. The fourth-order valence-electron chi connectivity index (χ4n) is 3.07. The first-order valence-electron chi connectivity index (χ1n) is 8.61. The molecule has 1 atom stereocenters. The van der Waals surface area contributed by atoms with E-state index in [1.807, 2.05) is 64.3 Å². The second-order valence-electron chi connectivity index (χ2n) is 6.76. The zero-order valence-electron chi connectivity index (χ0n) is 15.5. The van der Waals surface area contributed by atoms with Gasteiger partial charge in [0, 0.05) is 37.0 Å². The lowest BCUT2D eigenvalue weighted by Crippen LogP contribution is -2.14. The molecule has 0 radical (unpaired) electrons. The van der Waals surface area contributed by atoms with Crippen LogP contribution in [0.2, 0.25) is 0 Å². The van der Waals surface area contributed by atoms with Crippen LogP contribution in [0.3, 0.4) is 0 Å². The number of nitrogens with zero attached hydrogens (tertiary/aromatic N) is 1. The Labute approximate surface area is 152 Å². The summed E-state index contributed by atoms with van der Waals surface area (Å²) >= 11 is 0. The van der Waals surface area contributed by atoms with Crippen LogP contribution in [0.4, 0.5) is 11.6 Å². The van der Waals surface area contributed by atoms with Crippen LogP contribution in [0, 0.1) is 6.92 Å². The van der Waals surface area contributed by atoms with Gasteiger partial charge in [0.15, 0.2) is 11.3 Å². The number of hydrogen-bond donors (Lipinski definition) is 2. The van der Waals surface area contributed by atoms with Crippen molar-refractivity contribution in [3.05, 3.63) is 69.4 Å². The van der Waals surface area contributed by atoms with E-state index in [1.165, 1.54) is 6.07 Å². The van der Waals surface area contributed by atoms with Crippen LogP contribution >= 0.6 is 0 Å². The standard InChI is InChI=1S/C21H24N2O3/c1-13-9-16(14(2)22-18-8-6-5-7-15(18)12-24)21-17(10-13)19(25)11-20(26-21)23(3)4/h5-11,14,22,24H,12H2,1-4H3. The SMILES string of the molecule is Cc1cc(C(C)Nc2ccccc2CO)c2oc(N(C)C)cc(=O)c2c1. The summed E-state index contributed by atoms with van der Waals surface area (Å²) in [6, 6.07) is 12.9. The van der Waals surface area contributed by atoms with Crippen LogP contribution in [0.5, 0.6) is 0 Å². The van der Waals surface area contributed by atoms with E-state index in [0.29, 0.717) is 16.9 Å². The highest BCUT2D eigenvalue weighted by Gasteiger charge is 2.17. The molecule has 3 rings (SSSR count). The molecular formula is C21H24N2O3. The summed E-state index contributed by atoms with van der Waals surface area (Å²) in [5.74, 6) is 0.524. The lowest BCUT2D eigenvalue weighted by Gasteiger charge is -2.20. The van der Waals surface area contributed by atoms with E-state index >= 15 is 0 Å². The molecule has 0 spiro atoms. The van der Waals surface area contributed by atoms with Crippen molar-refractivity contribution < 1.29 is 9.52 Å². The van der Waals surface area contributed by atoms with Crippen molar-refractivity contribution in [3.8, 4) is 0 Å². The summed E-state index contributed by atoms with van der Waals surface area (Å²) in [5.41, 5.74) is 4.14. The Kier molecular flexibility index (Phi) is 5.00. The Balaban J connectivity index is 2.12. The van der Waals surface area contributed by atoms with E-state index in [0.717, 1.165) is 22.4 Å². The van der Waals surface area contributed by atoms with Gasteiger partial charge in [-0.25, -0.2) is 0 Å².